The Kier molecular flexibility index (Phi) is 5.37. The van der Waals surface area contributed by atoms with Crippen LogP contribution in [0.2, 0.25) is 0 Å². The molecule has 2 aliphatic carbocycles. The molecule has 216 valence electrons. The van der Waals surface area contributed by atoms with Crippen LogP contribution in [0.1, 0.15) is 49.9 Å². The van der Waals surface area contributed by atoms with E-state index in [1.807, 2.05) is 0 Å². The van der Waals surface area contributed by atoms with Gasteiger partial charge in [0, 0.05) is 27.9 Å². The summed E-state index contributed by atoms with van der Waals surface area (Å²) >= 11 is 0. The zero-order valence-electron chi connectivity index (χ0n) is 26.2. The average Bonchev–Trinajstić information content (AvgIpc) is 3.45. The quantitative estimate of drug-likeness (QED) is 0.202. The van der Waals surface area contributed by atoms with Crippen molar-refractivity contribution in [3.8, 4) is 22.3 Å². The molecule has 0 heterocycles. The lowest BCUT2D eigenvalue weighted by molar-refractivity contribution is 0.660. The highest BCUT2D eigenvalue weighted by Crippen LogP contribution is 2.54. The van der Waals surface area contributed by atoms with Crippen molar-refractivity contribution in [3.63, 3.8) is 0 Å². The van der Waals surface area contributed by atoms with Gasteiger partial charge in [-0.15, -0.1) is 0 Å². The molecule has 0 spiro atoms. The first-order valence-electron chi connectivity index (χ1n) is 16.0. The summed E-state index contributed by atoms with van der Waals surface area (Å²) in [6, 6.07) is 51.9. The molecule has 0 unspecified atom stereocenters. The minimum atomic E-state index is -0.0879. The summed E-state index contributed by atoms with van der Waals surface area (Å²) in [5, 5.41) is 5.25. The highest BCUT2D eigenvalue weighted by molar-refractivity contribution is 6.07. The summed E-state index contributed by atoms with van der Waals surface area (Å²) < 4.78 is 0. The predicted molar refractivity (Wildman–Crippen MR) is 191 cm³/mol. The lowest BCUT2D eigenvalue weighted by atomic mass is 9.80. The van der Waals surface area contributed by atoms with Crippen LogP contribution in [0, 0.1) is 0 Å². The summed E-state index contributed by atoms with van der Waals surface area (Å²) in [6.07, 6.45) is 0. The number of fused-ring (bicyclic) bond motifs is 10. The fourth-order valence-electron chi connectivity index (χ4n) is 8.41. The van der Waals surface area contributed by atoms with E-state index in [0.717, 1.165) is 5.69 Å². The molecule has 0 N–H and O–H groups in total. The molecule has 9 rings (SSSR count). The summed E-state index contributed by atoms with van der Waals surface area (Å²) in [5.74, 6) is 0. The Morgan fingerprint density at radius 1 is 0.400 bits per heavy atom. The normalized spacial score (nSPS) is 15.0. The topological polar surface area (TPSA) is 3.24 Å². The van der Waals surface area contributed by atoms with Gasteiger partial charge in [-0.1, -0.05) is 131 Å². The first kappa shape index (κ1) is 26.3. The second-order valence-corrected chi connectivity index (χ2v) is 13.8. The van der Waals surface area contributed by atoms with Gasteiger partial charge in [0.1, 0.15) is 0 Å². The second-order valence-electron chi connectivity index (χ2n) is 13.8. The Labute approximate surface area is 265 Å². The van der Waals surface area contributed by atoms with Crippen LogP contribution in [0.15, 0.2) is 140 Å². The van der Waals surface area contributed by atoms with Crippen LogP contribution in [0.5, 0.6) is 0 Å². The van der Waals surface area contributed by atoms with Crippen molar-refractivity contribution in [1.29, 1.82) is 0 Å². The molecule has 2 aliphatic rings. The highest BCUT2D eigenvalue weighted by Gasteiger charge is 2.38. The van der Waals surface area contributed by atoms with E-state index in [1.165, 1.54) is 77.4 Å². The predicted octanol–water partition coefficient (Wildman–Crippen LogP) is 12.1. The third-order valence-electron chi connectivity index (χ3n) is 10.6. The molecule has 0 aromatic heterocycles. The zero-order chi connectivity index (χ0) is 30.5. The van der Waals surface area contributed by atoms with Gasteiger partial charge in [-0.25, -0.2) is 0 Å². The second kappa shape index (κ2) is 9.19. The van der Waals surface area contributed by atoms with Crippen molar-refractivity contribution in [2.45, 2.75) is 38.5 Å². The summed E-state index contributed by atoms with van der Waals surface area (Å²) in [6.45, 7) is 9.49. The van der Waals surface area contributed by atoms with Gasteiger partial charge in [0.25, 0.3) is 0 Å². The van der Waals surface area contributed by atoms with Crippen LogP contribution >= 0.6 is 0 Å². The molecular formula is C44H35N. The Hall–Kier alpha value is -5.14. The van der Waals surface area contributed by atoms with E-state index in [4.69, 9.17) is 0 Å². The molecule has 45 heavy (non-hydrogen) atoms. The number of para-hydroxylation sites is 1. The van der Waals surface area contributed by atoms with Gasteiger partial charge >= 0.3 is 0 Å². The van der Waals surface area contributed by atoms with Crippen LogP contribution in [0.3, 0.4) is 0 Å². The van der Waals surface area contributed by atoms with E-state index >= 15 is 0 Å². The molecule has 0 atom stereocenters. The van der Waals surface area contributed by atoms with Crippen LogP contribution in [-0.2, 0) is 10.8 Å². The standard InChI is InChI=1S/C44H35N/c1-43(2)38-17-11-10-16-35(38)36-24-21-32(27-40(36)43)45(30-13-6-5-7-14-30)31-20-23-34-29(26-31)18-22-37-41-33-15-9-8-12-28(33)19-25-39(41)44(3,4)42(34)37/h5-27H,1-4H3. The average molecular weight is 578 g/mol. The van der Waals surface area contributed by atoms with Gasteiger partial charge < -0.3 is 4.90 Å². The van der Waals surface area contributed by atoms with Crippen molar-refractivity contribution in [2.75, 3.05) is 4.90 Å². The number of nitrogens with zero attached hydrogens (tertiary/aromatic N) is 1. The third-order valence-corrected chi connectivity index (χ3v) is 10.6. The number of anilines is 3. The maximum Gasteiger partial charge on any atom is 0.0468 e. The Morgan fingerprint density at radius 3 is 1.93 bits per heavy atom. The van der Waals surface area contributed by atoms with Gasteiger partial charge in [0.05, 0.1) is 0 Å². The third kappa shape index (κ3) is 3.61. The van der Waals surface area contributed by atoms with Gasteiger partial charge in [-0.2, -0.15) is 0 Å². The maximum absolute atomic E-state index is 2.42. The molecule has 0 fully saturated rings. The highest BCUT2D eigenvalue weighted by atomic mass is 15.1. The van der Waals surface area contributed by atoms with Crippen molar-refractivity contribution < 1.29 is 0 Å². The number of hydrogen-bond donors (Lipinski definition) is 0. The molecule has 0 saturated heterocycles. The molecule has 1 nitrogen and oxygen atoms in total. The minimum Gasteiger partial charge on any atom is -0.310 e. The fraction of sp³-hybridized carbons (Fsp3) is 0.136. The molecule has 7 aromatic rings. The van der Waals surface area contributed by atoms with Gasteiger partial charge in [-0.05, 0) is 102 Å². The van der Waals surface area contributed by atoms with Crippen LogP contribution in [0.25, 0.3) is 43.8 Å². The van der Waals surface area contributed by atoms with Gasteiger partial charge in [0.15, 0.2) is 0 Å². The van der Waals surface area contributed by atoms with Crippen molar-refractivity contribution >= 4 is 38.6 Å². The lowest BCUT2D eigenvalue weighted by Crippen LogP contribution is -2.17. The number of rotatable bonds is 3. The van der Waals surface area contributed by atoms with E-state index in [0.29, 0.717) is 0 Å². The molecular weight excluding hydrogens is 542 g/mol. The number of hydrogen-bond acceptors (Lipinski definition) is 1. The summed E-state index contributed by atoms with van der Waals surface area (Å²) in [7, 11) is 0. The van der Waals surface area contributed by atoms with Crippen molar-refractivity contribution in [2.24, 2.45) is 0 Å². The van der Waals surface area contributed by atoms with Crippen molar-refractivity contribution in [1.82, 2.24) is 0 Å². The fourth-order valence-corrected chi connectivity index (χ4v) is 8.41. The Bertz CT molecular complexity index is 2320. The maximum atomic E-state index is 2.42. The van der Waals surface area contributed by atoms with E-state index < -0.39 is 0 Å². The summed E-state index contributed by atoms with van der Waals surface area (Å²) in [5.41, 5.74) is 14.5. The lowest BCUT2D eigenvalue weighted by Gasteiger charge is -2.29. The monoisotopic (exact) mass is 577 g/mol. The van der Waals surface area contributed by atoms with Gasteiger partial charge in [0.2, 0.25) is 0 Å². The molecule has 0 aliphatic heterocycles. The van der Waals surface area contributed by atoms with E-state index in [-0.39, 0.29) is 10.8 Å². The first-order valence-corrected chi connectivity index (χ1v) is 16.0. The van der Waals surface area contributed by atoms with Crippen LogP contribution in [0.4, 0.5) is 17.1 Å². The Morgan fingerprint density at radius 2 is 1.07 bits per heavy atom. The molecule has 0 radical (unpaired) electrons. The molecule has 7 aromatic carbocycles. The van der Waals surface area contributed by atoms with E-state index in [1.54, 1.807) is 0 Å². The van der Waals surface area contributed by atoms with Crippen molar-refractivity contribution in [3.05, 3.63) is 162 Å². The molecule has 1 heteroatoms. The molecule has 0 amide bonds. The largest absolute Gasteiger partial charge is 0.310 e. The van der Waals surface area contributed by atoms with Crippen LogP contribution in [-0.4, -0.2) is 0 Å². The Balaban J connectivity index is 1.22. The van der Waals surface area contributed by atoms with Gasteiger partial charge in [-0.3, -0.25) is 0 Å². The number of benzene rings is 7. The van der Waals surface area contributed by atoms with E-state index in [2.05, 4.69) is 172 Å². The smallest absolute Gasteiger partial charge is 0.0468 e. The van der Waals surface area contributed by atoms with E-state index in [9.17, 15) is 0 Å². The van der Waals surface area contributed by atoms with Crippen LogP contribution < -0.4 is 4.90 Å². The SMILES string of the molecule is CC1(C)c2ccccc2-c2ccc(N(c3ccccc3)c3ccc4c5c(ccc4c3)-c3c(ccc4ccccc34)C5(C)C)cc21. The molecule has 0 bridgehead atoms. The zero-order valence-corrected chi connectivity index (χ0v) is 26.2. The molecule has 0 saturated carbocycles. The first-order chi connectivity index (χ1) is 21.8. The minimum absolute atomic E-state index is 0.0566. The summed E-state index contributed by atoms with van der Waals surface area (Å²) in [4.78, 5) is 2.42.